The molecular weight excluding hydrogens is 332 g/mol. The standard InChI is InChI=1S/C20H28N2O4/c1-13-7-14(2)11-22(10-13)18(23)12-26-19(24)9-21-20(25)17-6-5-15(3)16(4)8-17/h5-6,8,13-14H,7,9-12H2,1-4H3,(H,21,25)/t13-,14-/m0/s1. The van der Waals surface area contributed by atoms with E-state index in [1.807, 2.05) is 19.9 Å². The summed E-state index contributed by atoms with van der Waals surface area (Å²) < 4.78 is 5.01. The predicted octanol–water partition coefficient (Wildman–Crippen LogP) is 2.08. The number of nitrogens with one attached hydrogen (secondary N) is 1. The summed E-state index contributed by atoms with van der Waals surface area (Å²) in [7, 11) is 0. The first-order valence-electron chi connectivity index (χ1n) is 9.05. The van der Waals surface area contributed by atoms with Crippen LogP contribution in [0, 0.1) is 25.7 Å². The number of likely N-dealkylation sites (tertiary alicyclic amines) is 1. The Kier molecular flexibility index (Phi) is 6.77. The average Bonchev–Trinajstić information content (AvgIpc) is 2.59. The van der Waals surface area contributed by atoms with Crippen molar-refractivity contribution < 1.29 is 19.1 Å². The van der Waals surface area contributed by atoms with Crippen LogP contribution in [0.3, 0.4) is 0 Å². The van der Waals surface area contributed by atoms with Crippen LogP contribution in [0.1, 0.15) is 41.8 Å². The molecule has 1 aromatic rings. The molecule has 0 unspecified atom stereocenters. The van der Waals surface area contributed by atoms with Gasteiger partial charge in [-0.05, 0) is 55.4 Å². The Labute approximate surface area is 154 Å². The largest absolute Gasteiger partial charge is 0.454 e. The fraction of sp³-hybridized carbons (Fsp3) is 0.550. The zero-order valence-electron chi connectivity index (χ0n) is 16.0. The second-order valence-electron chi connectivity index (χ2n) is 7.39. The van der Waals surface area contributed by atoms with E-state index >= 15 is 0 Å². The quantitative estimate of drug-likeness (QED) is 0.816. The molecule has 6 heteroatoms. The summed E-state index contributed by atoms with van der Waals surface area (Å²) >= 11 is 0. The second-order valence-corrected chi connectivity index (χ2v) is 7.39. The maximum atomic E-state index is 12.2. The van der Waals surface area contributed by atoms with Crippen LogP contribution in [0.4, 0.5) is 0 Å². The number of carbonyl (C=O) groups is 3. The summed E-state index contributed by atoms with van der Waals surface area (Å²) in [5.41, 5.74) is 2.60. The van der Waals surface area contributed by atoms with Crippen LogP contribution >= 0.6 is 0 Å². The molecule has 142 valence electrons. The molecule has 0 bridgehead atoms. The first-order valence-corrected chi connectivity index (χ1v) is 9.05. The van der Waals surface area contributed by atoms with Gasteiger partial charge in [0.25, 0.3) is 11.8 Å². The van der Waals surface area contributed by atoms with E-state index in [0.29, 0.717) is 30.5 Å². The summed E-state index contributed by atoms with van der Waals surface area (Å²) in [6.07, 6.45) is 1.11. The van der Waals surface area contributed by atoms with Gasteiger partial charge in [-0.3, -0.25) is 14.4 Å². The Bertz CT molecular complexity index is 676. The smallest absolute Gasteiger partial charge is 0.325 e. The van der Waals surface area contributed by atoms with Crippen molar-refractivity contribution in [3.05, 3.63) is 34.9 Å². The third-order valence-corrected chi connectivity index (χ3v) is 4.74. The third-order valence-electron chi connectivity index (χ3n) is 4.74. The Morgan fingerprint density at radius 2 is 1.77 bits per heavy atom. The van der Waals surface area contributed by atoms with Crippen LogP contribution in [-0.2, 0) is 14.3 Å². The maximum Gasteiger partial charge on any atom is 0.325 e. The number of hydrogen-bond donors (Lipinski definition) is 1. The fourth-order valence-corrected chi connectivity index (χ4v) is 3.29. The minimum atomic E-state index is -0.617. The van der Waals surface area contributed by atoms with Gasteiger partial charge in [0.05, 0.1) is 0 Å². The van der Waals surface area contributed by atoms with Crippen LogP contribution in [0.2, 0.25) is 0 Å². The maximum absolute atomic E-state index is 12.2. The molecule has 1 saturated heterocycles. The molecule has 1 aromatic carbocycles. The highest BCUT2D eigenvalue weighted by molar-refractivity contribution is 5.96. The number of piperidine rings is 1. The average molecular weight is 360 g/mol. The van der Waals surface area contributed by atoms with Crippen molar-refractivity contribution >= 4 is 17.8 Å². The molecule has 0 radical (unpaired) electrons. The molecule has 0 saturated carbocycles. The predicted molar refractivity (Wildman–Crippen MR) is 98.7 cm³/mol. The number of hydrogen-bond acceptors (Lipinski definition) is 4. The molecule has 26 heavy (non-hydrogen) atoms. The van der Waals surface area contributed by atoms with Gasteiger partial charge in [0.1, 0.15) is 6.54 Å². The van der Waals surface area contributed by atoms with E-state index in [4.69, 9.17) is 4.74 Å². The molecule has 2 amide bonds. The third kappa shape index (κ3) is 5.58. The zero-order valence-corrected chi connectivity index (χ0v) is 16.0. The number of rotatable bonds is 5. The molecule has 1 fully saturated rings. The van der Waals surface area contributed by atoms with E-state index in [0.717, 1.165) is 17.5 Å². The highest BCUT2D eigenvalue weighted by atomic mass is 16.5. The Balaban J connectivity index is 1.75. The van der Waals surface area contributed by atoms with Crippen LogP contribution < -0.4 is 5.32 Å². The number of carbonyl (C=O) groups excluding carboxylic acids is 3. The number of aryl methyl sites for hydroxylation is 2. The minimum absolute atomic E-state index is 0.183. The van der Waals surface area contributed by atoms with Gasteiger partial charge in [-0.15, -0.1) is 0 Å². The van der Waals surface area contributed by atoms with Gasteiger partial charge in [0.15, 0.2) is 6.61 Å². The lowest BCUT2D eigenvalue weighted by Crippen LogP contribution is -2.44. The summed E-state index contributed by atoms with van der Waals surface area (Å²) in [6.45, 7) is 8.98. The Morgan fingerprint density at radius 3 is 2.38 bits per heavy atom. The molecular formula is C20H28N2O4. The van der Waals surface area contributed by atoms with E-state index in [1.165, 1.54) is 0 Å². The topological polar surface area (TPSA) is 75.7 Å². The van der Waals surface area contributed by atoms with Gasteiger partial charge in [0.2, 0.25) is 0 Å². The van der Waals surface area contributed by atoms with Crippen molar-refractivity contribution in [2.75, 3.05) is 26.2 Å². The molecule has 0 aliphatic carbocycles. The number of esters is 1. The lowest BCUT2D eigenvalue weighted by Gasteiger charge is -2.34. The van der Waals surface area contributed by atoms with Gasteiger partial charge < -0.3 is 15.0 Å². The first kappa shape index (κ1) is 19.9. The van der Waals surface area contributed by atoms with Gasteiger partial charge >= 0.3 is 5.97 Å². The van der Waals surface area contributed by atoms with Crippen molar-refractivity contribution in [3.63, 3.8) is 0 Å². The molecule has 1 N–H and O–H groups in total. The fourth-order valence-electron chi connectivity index (χ4n) is 3.29. The summed E-state index contributed by atoms with van der Waals surface area (Å²) in [5, 5.41) is 2.52. The summed E-state index contributed by atoms with van der Waals surface area (Å²) in [5.74, 6) is -0.229. The molecule has 1 aliphatic rings. The van der Waals surface area contributed by atoms with Gasteiger partial charge in [-0.2, -0.15) is 0 Å². The van der Waals surface area contributed by atoms with Crippen molar-refractivity contribution in [2.45, 2.75) is 34.1 Å². The lowest BCUT2D eigenvalue weighted by atomic mass is 9.92. The lowest BCUT2D eigenvalue weighted by molar-refractivity contribution is -0.152. The van der Waals surface area contributed by atoms with Crippen LogP contribution in [0.5, 0.6) is 0 Å². The first-order chi connectivity index (χ1) is 12.3. The van der Waals surface area contributed by atoms with Crippen LogP contribution in [-0.4, -0.2) is 48.9 Å². The van der Waals surface area contributed by atoms with E-state index in [9.17, 15) is 14.4 Å². The monoisotopic (exact) mass is 360 g/mol. The van der Waals surface area contributed by atoms with Crippen molar-refractivity contribution in [3.8, 4) is 0 Å². The number of nitrogens with zero attached hydrogens (tertiary/aromatic N) is 1. The molecule has 1 aliphatic heterocycles. The van der Waals surface area contributed by atoms with E-state index < -0.39 is 5.97 Å². The van der Waals surface area contributed by atoms with Gasteiger partial charge in [0, 0.05) is 18.7 Å². The highest BCUT2D eigenvalue weighted by Gasteiger charge is 2.25. The minimum Gasteiger partial charge on any atom is -0.454 e. The molecule has 2 rings (SSSR count). The number of benzene rings is 1. The van der Waals surface area contributed by atoms with E-state index in [2.05, 4.69) is 19.2 Å². The molecule has 2 atom stereocenters. The zero-order chi connectivity index (χ0) is 19.3. The number of ether oxygens (including phenoxy) is 1. The van der Waals surface area contributed by atoms with E-state index in [-0.39, 0.29) is 25.0 Å². The van der Waals surface area contributed by atoms with Crippen molar-refractivity contribution in [1.29, 1.82) is 0 Å². The summed E-state index contributed by atoms with van der Waals surface area (Å²) in [6, 6.07) is 5.35. The SMILES string of the molecule is Cc1ccc(C(=O)NCC(=O)OCC(=O)N2C[C@@H](C)C[C@H](C)C2)cc1C. The Hall–Kier alpha value is -2.37. The number of amides is 2. The van der Waals surface area contributed by atoms with Crippen LogP contribution in [0.15, 0.2) is 18.2 Å². The van der Waals surface area contributed by atoms with Crippen molar-refractivity contribution in [2.24, 2.45) is 11.8 Å². The van der Waals surface area contributed by atoms with E-state index in [1.54, 1.807) is 17.0 Å². The second kappa shape index (κ2) is 8.83. The molecule has 0 spiro atoms. The molecule has 1 heterocycles. The highest BCUT2D eigenvalue weighted by Crippen LogP contribution is 2.20. The normalized spacial score (nSPS) is 19.8. The molecule has 6 nitrogen and oxygen atoms in total. The Morgan fingerprint density at radius 1 is 1.12 bits per heavy atom. The summed E-state index contributed by atoms with van der Waals surface area (Å²) in [4.78, 5) is 37.8. The molecule has 0 aromatic heterocycles. The van der Waals surface area contributed by atoms with Gasteiger partial charge in [-0.1, -0.05) is 19.9 Å². The van der Waals surface area contributed by atoms with Gasteiger partial charge in [-0.25, -0.2) is 0 Å². The van der Waals surface area contributed by atoms with Crippen LogP contribution in [0.25, 0.3) is 0 Å². The van der Waals surface area contributed by atoms with Crippen molar-refractivity contribution in [1.82, 2.24) is 10.2 Å².